The minimum Gasteiger partial charge on any atom is -0.465 e. The van der Waals surface area contributed by atoms with Crippen molar-refractivity contribution in [1.29, 1.82) is 0 Å². The largest absolute Gasteiger partial charge is 0.465 e. The zero-order valence-corrected chi connectivity index (χ0v) is 14.3. The SMILES string of the molecule is C=CC[C@H](NC(=O)O)C(=O)N1CCN(Cc2ccccc2)CC1C=C. The number of carbonyl (C=O) groups is 2. The number of nitrogens with one attached hydrogen (secondary N) is 1. The summed E-state index contributed by atoms with van der Waals surface area (Å²) in [6.07, 6.45) is 2.35. The third-order valence-electron chi connectivity index (χ3n) is 4.31. The van der Waals surface area contributed by atoms with Gasteiger partial charge in [0.15, 0.2) is 0 Å². The number of hydrogen-bond acceptors (Lipinski definition) is 3. The van der Waals surface area contributed by atoms with Crippen LogP contribution < -0.4 is 5.32 Å². The van der Waals surface area contributed by atoms with Gasteiger partial charge in [-0.25, -0.2) is 4.79 Å². The lowest BCUT2D eigenvalue weighted by molar-refractivity contribution is -0.137. The van der Waals surface area contributed by atoms with Crippen LogP contribution in [0.25, 0.3) is 0 Å². The molecular formula is C19H25N3O3. The van der Waals surface area contributed by atoms with E-state index in [2.05, 4.69) is 35.5 Å². The second-order valence-corrected chi connectivity index (χ2v) is 6.08. The molecule has 0 spiro atoms. The molecule has 1 aromatic carbocycles. The average molecular weight is 343 g/mol. The van der Waals surface area contributed by atoms with Gasteiger partial charge in [0.05, 0.1) is 6.04 Å². The molecule has 1 unspecified atom stereocenters. The Morgan fingerprint density at radius 1 is 1.28 bits per heavy atom. The summed E-state index contributed by atoms with van der Waals surface area (Å²) < 4.78 is 0. The molecule has 6 heteroatoms. The maximum absolute atomic E-state index is 12.7. The Balaban J connectivity index is 2.02. The van der Waals surface area contributed by atoms with Crippen molar-refractivity contribution in [2.24, 2.45) is 0 Å². The highest BCUT2D eigenvalue weighted by Gasteiger charge is 2.32. The summed E-state index contributed by atoms with van der Waals surface area (Å²) in [6, 6.07) is 9.22. The number of rotatable bonds is 7. The molecular weight excluding hydrogens is 318 g/mol. The zero-order valence-electron chi connectivity index (χ0n) is 14.3. The zero-order chi connectivity index (χ0) is 18.2. The summed E-state index contributed by atoms with van der Waals surface area (Å²) in [5, 5.41) is 11.2. The van der Waals surface area contributed by atoms with E-state index in [1.54, 1.807) is 17.1 Å². The minimum atomic E-state index is -1.21. The predicted molar refractivity (Wildman–Crippen MR) is 97.2 cm³/mol. The van der Waals surface area contributed by atoms with Gasteiger partial charge in [-0.05, 0) is 12.0 Å². The first-order valence-corrected chi connectivity index (χ1v) is 8.34. The van der Waals surface area contributed by atoms with Crippen molar-refractivity contribution >= 4 is 12.0 Å². The molecule has 0 bridgehead atoms. The van der Waals surface area contributed by atoms with Crippen molar-refractivity contribution in [2.75, 3.05) is 19.6 Å². The second kappa shape index (κ2) is 9.03. The molecule has 0 radical (unpaired) electrons. The monoisotopic (exact) mass is 343 g/mol. The maximum Gasteiger partial charge on any atom is 0.405 e. The lowest BCUT2D eigenvalue weighted by Gasteiger charge is -2.41. The molecule has 2 atom stereocenters. The van der Waals surface area contributed by atoms with E-state index >= 15 is 0 Å². The van der Waals surface area contributed by atoms with Gasteiger partial charge in [0.1, 0.15) is 6.04 Å². The van der Waals surface area contributed by atoms with Crippen LogP contribution in [0.3, 0.4) is 0 Å². The third-order valence-corrected chi connectivity index (χ3v) is 4.31. The standard InChI is InChI=1S/C19H25N3O3/c1-3-8-17(20-19(24)25)18(23)22-12-11-21(14-16(22)4-2)13-15-9-6-5-7-10-15/h3-7,9-10,16-17,20H,1-2,8,11-14H2,(H,24,25)/t16?,17-/m0/s1. The van der Waals surface area contributed by atoms with Crippen molar-refractivity contribution in [3.05, 3.63) is 61.2 Å². The van der Waals surface area contributed by atoms with E-state index in [0.717, 1.165) is 13.1 Å². The van der Waals surface area contributed by atoms with Gasteiger partial charge in [-0.3, -0.25) is 9.69 Å². The lowest BCUT2D eigenvalue weighted by atomic mass is 10.1. The number of carbonyl (C=O) groups excluding carboxylic acids is 1. The van der Waals surface area contributed by atoms with Crippen LogP contribution in [0, 0.1) is 0 Å². The highest BCUT2D eigenvalue weighted by Crippen LogP contribution is 2.16. The molecule has 0 aromatic heterocycles. The van der Waals surface area contributed by atoms with E-state index < -0.39 is 12.1 Å². The van der Waals surface area contributed by atoms with Crippen LogP contribution >= 0.6 is 0 Å². The van der Waals surface area contributed by atoms with E-state index in [9.17, 15) is 9.59 Å². The van der Waals surface area contributed by atoms with Gasteiger partial charge in [-0.15, -0.1) is 13.2 Å². The number of amides is 2. The van der Waals surface area contributed by atoms with Crippen molar-refractivity contribution in [3.63, 3.8) is 0 Å². The van der Waals surface area contributed by atoms with Gasteiger partial charge in [-0.1, -0.05) is 42.5 Å². The van der Waals surface area contributed by atoms with Crippen molar-refractivity contribution in [1.82, 2.24) is 15.1 Å². The first-order valence-electron chi connectivity index (χ1n) is 8.34. The highest BCUT2D eigenvalue weighted by molar-refractivity contribution is 5.86. The molecule has 2 rings (SSSR count). The Labute approximate surface area is 148 Å². The fraction of sp³-hybridized carbons (Fsp3) is 0.368. The first-order chi connectivity index (χ1) is 12.0. The van der Waals surface area contributed by atoms with E-state index in [1.807, 2.05) is 18.2 Å². The Kier molecular flexibility index (Phi) is 6.77. The van der Waals surface area contributed by atoms with Gasteiger partial charge in [0.2, 0.25) is 5.91 Å². The van der Waals surface area contributed by atoms with Crippen LogP contribution in [0.4, 0.5) is 4.79 Å². The van der Waals surface area contributed by atoms with Crippen molar-refractivity contribution in [3.8, 4) is 0 Å². The summed E-state index contributed by atoms with van der Waals surface area (Å²) in [5.74, 6) is -0.230. The lowest BCUT2D eigenvalue weighted by Crippen LogP contribution is -2.58. The van der Waals surface area contributed by atoms with Gasteiger partial charge >= 0.3 is 6.09 Å². The van der Waals surface area contributed by atoms with E-state index in [4.69, 9.17) is 5.11 Å². The van der Waals surface area contributed by atoms with Gasteiger partial charge in [0.25, 0.3) is 0 Å². The molecule has 0 saturated carbocycles. The predicted octanol–water partition coefficient (Wildman–Crippen LogP) is 2.10. The number of nitrogens with zero attached hydrogens (tertiary/aromatic N) is 2. The molecule has 2 amide bonds. The number of benzene rings is 1. The molecule has 25 heavy (non-hydrogen) atoms. The summed E-state index contributed by atoms with van der Waals surface area (Å²) >= 11 is 0. The van der Waals surface area contributed by atoms with Crippen LogP contribution in [0.1, 0.15) is 12.0 Å². The molecule has 1 aliphatic rings. The minimum absolute atomic E-state index is 0.145. The smallest absolute Gasteiger partial charge is 0.405 e. The molecule has 134 valence electrons. The molecule has 1 saturated heterocycles. The fourth-order valence-electron chi connectivity index (χ4n) is 3.07. The average Bonchev–Trinajstić information content (AvgIpc) is 2.61. The maximum atomic E-state index is 12.7. The molecule has 1 heterocycles. The van der Waals surface area contributed by atoms with Gasteiger partial charge < -0.3 is 15.3 Å². The Morgan fingerprint density at radius 3 is 2.60 bits per heavy atom. The summed E-state index contributed by atoms with van der Waals surface area (Å²) in [5.41, 5.74) is 1.22. The van der Waals surface area contributed by atoms with E-state index in [1.165, 1.54) is 5.56 Å². The van der Waals surface area contributed by atoms with E-state index in [-0.39, 0.29) is 18.4 Å². The Morgan fingerprint density at radius 2 is 2.00 bits per heavy atom. The molecule has 6 nitrogen and oxygen atoms in total. The topological polar surface area (TPSA) is 72.9 Å². The highest BCUT2D eigenvalue weighted by atomic mass is 16.4. The normalized spacial score (nSPS) is 19.0. The van der Waals surface area contributed by atoms with Crippen LogP contribution in [0.5, 0.6) is 0 Å². The second-order valence-electron chi connectivity index (χ2n) is 6.08. The molecule has 1 fully saturated rings. The number of hydrogen-bond donors (Lipinski definition) is 2. The molecule has 0 aliphatic carbocycles. The molecule has 1 aliphatic heterocycles. The van der Waals surface area contributed by atoms with Crippen LogP contribution in [-0.4, -0.2) is 58.6 Å². The fourth-order valence-corrected chi connectivity index (χ4v) is 3.07. The van der Waals surface area contributed by atoms with Crippen molar-refractivity contribution < 1.29 is 14.7 Å². The number of carboxylic acid groups (broad SMARTS) is 1. The third kappa shape index (κ3) is 5.19. The number of piperazine rings is 1. The summed E-state index contributed by atoms with van der Waals surface area (Å²) in [6.45, 7) is 10.2. The quantitative estimate of drug-likeness (QED) is 0.744. The van der Waals surface area contributed by atoms with Gasteiger partial charge in [0, 0.05) is 26.2 Å². The first kappa shape index (κ1) is 18.7. The van der Waals surface area contributed by atoms with Crippen LogP contribution in [0.15, 0.2) is 55.6 Å². The van der Waals surface area contributed by atoms with Gasteiger partial charge in [-0.2, -0.15) is 0 Å². The summed E-state index contributed by atoms with van der Waals surface area (Å²) in [4.78, 5) is 27.7. The Bertz CT molecular complexity index is 618. The van der Waals surface area contributed by atoms with Crippen molar-refractivity contribution in [2.45, 2.75) is 25.0 Å². The summed E-state index contributed by atoms with van der Waals surface area (Å²) in [7, 11) is 0. The van der Waals surface area contributed by atoms with Crippen LogP contribution in [-0.2, 0) is 11.3 Å². The molecule has 2 N–H and O–H groups in total. The Hall–Kier alpha value is -2.60. The molecule has 1 aromatic rings. The van der Waals surface area contributed by atoms with E-state index in [0.29, 0.717) is 13.1 Å². The van der Waals surface area contributed by atoms with Crippen LogP contribution in [0.2, 0.25) is 0 Å².